The molecule has 4 aromatic heterocycles. The number of rotatable bonds is 5. The van der Waals surface area contributed by atoms with Gasteiger partial charge in [0.1, 0.15) is 29.3 Å². The van der Waals surface area contributed by atoms with Crippen LogP contribution in [0.15, 0.2) is 48.8 Å². The second-order valence-electron chi connectivity index (χ2n) is 15.6. The zero-order chi connectivity index (χ0) is 54.2. The van der Waals surface area contributed by atoms with Gasteiger partial charge in [0.25, 0.3) is 0 Å². The first-order chi connectivity index (χ1) is 35.4. The average Bonchev–Trinajstić information content (AvgIpc) is 3.94. The van der Waals surface area contributed by atoms with Gasteiger partial charge >= 0.3 is 99.4 Å². The van der Waals surface area contributed by atoms with Crippen LogP contribution in [0.4, 0.5) is 0 Å². The van der Waals surface area contributed by atoms with Crippen molar-refractivity contribution in [2.24, 2.45) is 0 Å². The van der Waals surface area contributed by atoms with E-state index in [0.29, 0.717) is 34.6 Å². The topological polar surface area (TPSA) is 106 Å². The molecule has 0 N–H and O–H groups in total. The quantitative estimate of drug-likeness (QED) is 0.108. The van der Waals surface area contributed by atoms with E-state index >= 15 is 0 Å². The molecule has 0 fully saturated rings. The Bertz CT molecular complexity index is 3570. The third-order valence-corrected chi connectivity index (χ3v) is 15.7. The molecule has 2 aliphatic rings. The van der Waals surface area contributed by atoms with Gasteiger partial charge in [-0.05, 0) is 131 Å². The minimum absolute atomic E-state index is 0.101. The molecule has 0 aliphatic carbocycles. The van der Waals surface area contributed by atoms with E-state index in [4.69, 9.17) is 125 Å². The molecule has 6 aromatic rings. The fourth-order valence-electron chi connectivity index (χ4n) is 6.29. The molecule has 0 amide bonds. The van der Waals surface area contributed by atoms with Crippen LogP contribution in [0.2, 0.25) is 40.6 Å². The normalized spacial score (nSPS) is 10.2. The summed E-state index contributed by atoms with van der Waals surface area (Å²) in [6.45, 7) is 4.63. The van der Waals surface area contributed by atoms with E-state index in [2.05, 4.69) is 157 Å². The van der Waals surface area contributed by atoms with Gasteiger partial charge in [0, 0.05) is 77.3 Å². The molecule has 0 unspecified atom stereocenters. The Morgan fingerprint density at radius 3 is 1.43 bits per heavy atom. The SMILES string of the molecule is C#CC#CC#CC#CC#CC#CC#CC#CC#CC.Clc1ncc(Cl)c(-c2nn3c4c(cccc24)OCC3)n1.Clc1ncc(Cl)c(Cl)n1.[B]B([B])B(B([B])[B])B([B])[B].[CH3][Sn]([CH3])([CH3])[c]1nn2c3c(cccc13)OCC2. The average molecular weight is 1150 g/mol. The van der Waals surface area contributed by atoms with Crippen LogP contribution in [-0.2, 0) is 13.1 Å². The molecule has 26 heteroatoms. The summed E-state index contributed by atoms with van der Waals surface area (Å²) < 4.78 is 16.7. The summed E-state index contributed by atoms with van der Waals surface area (Å²) in [4.78, 5) is 22.4. The monoisotopic (exact) mass is 1150 g/mol. The van der Waals surface area contributed by atoms with Crippen LogP contribution in [0.5, 0.6) is 11.5 Å². The molecule has 0 spiro atoms. The maximum absolute atomic E-state index is 6.17. The van der Waals surface area contributed by atoms with Gasteiger partial charge in [-0.1, -0.05) is 52.9 Å². The molecule has 0 bridgehead atoms. The second-order valence-corrected chi connectivity index (χ2v) is 31.6. The van der Waals surface area contributed by atoms with Crippen LogP contribution < -0.4 is 13.2 Å². The Morgan fingerprint density at radius 1 is 0.568 bits per heavy atom. The molecular weight excluding hydrogens is 1120 g/mol. The number of benzene rings is 2. The van der Waals surface area contributed by atoms with Crippen LogP contribution in [0.3, 0.4) is 0 Å². The van der Waals surface area contributed by atoms with E-state index in [1.165, 1.54) is 27.0 Å². The molecule has 74 heavy (non-hydrogen) atoms. The molecule has 12 radical (unpaired) electrons. The van der Waals surface area contributed by atoms with E-state index < -0.39 is 43.9 Å². The third-order valence-electron chi connectivity index (χ3n) is 9.31. The number of nitrogens with zero attached hydrogens (tertiary/aromatic N) is 8. The first kappa shape index (κ1) is 60.6. The molecule has 2 aliphatic heterocycles. The van der Waals surface area contributed by atoms with Gasteiger partial charge in [-0.3, -0.25) is 4.68 Å². The summed E-state index contributed by atoms with van der Waals surface area (Å²) in [5.41, 5.74) is 3.39. The Kier molecular flexibility index (Phi) is 25.5. The van der Waals surface area contributed by atoms with Gasteiger partial charge in [0.2, 0.25) is 10.6 Å². The first-order valence-corrected chi connectivity index (χ1v) is 33.4. The van der Waals surface area contributed by atoms with Crippen molar-refractivity contribution in [2.75, 3.05) is 13.2 Å². The molecule has 0 saturated carbocycles. The minimum atomic E-state index is -2.12. The predicted octanol–water partition coefficient (Wildman–Crippen LogP) is 4.46. The molecule has 342 valence electrons. The van der Waals surface area contributed by atoms with Crippen LogP contribution in [0.25, 0.3) is 33.2 Å². The van der Waals surface area contributed by atoms with Crippen LogP contribution in [0.1, 0.15) is 6.92 Å². The molecule has 0 saturated heterocycles. The Hall–Kier alpha value is -5.92. The van der Waals surface area contributed by atoms with Crippen molar-refractivity contribution in [1.82, 2.24) is 39.5 Å². The third kappa shape index (κ3) is 18.8. The van der Waals surface area contributed by atoms with Crippen molar-refractivity contribution in [3.63, 3.8) is 0 Å². The summed E-state index contributed by atoms with van der Waals surface area (Å²) in [5, 5.41) is 12.8. The number of halogens is 5. The number of terminal acetylenes is 1. The Labute approximate surface area is 471 Å². The molecule has 10 nitrogen and oxygen atoms in total. The van der Waals surface area contributed by atoms with Crippen molar-refractivity contribution >= 4 is 174 Å². The fourth-order valence-corrected chi connectivity index (χ4v) is 11.1. The summed E-state index contributed by atoms with van der Waals surface area (Å²) in [6.07, 6.45) is 5.28. The van der Waals surface area contributed by atoms with E-state index in [1.807, 2.05) is 28.9 Å². The molecule has 8 rings (SSSR count). The molecule has 0 atom stereocenters. The van der Waals surface area contributed by atoms with Crippen molar-refractivity contribution in [1.29, 1.82) is 0 Å². The number of hydrogen-bond acceptors (Lipinski definition) is 8. The number of hydrogen-bond donors (Lipinski definition) is 0. The van der Waals surface area contributed by atoms with E-state index in [9.17, 15) is 0 Å². The number of aromatic nitrogens is 8. The van der Waals surface area contributed by atoms with Crippen molar-refractivity contribution in [3.05, 3.63) is 74.6 Å². The van der Waals surface area contributed by atoms with E-state index in [0.717, 1.165) is 35.6 Å². The van der Waals surface area contributed by atoms with Crippen molar-refractivity contribution in [3.8, 4) is 130 Å². The summed E-state index contributed by atoms with van der Waals surface area (Å²) in [5.74, 6) is 43.7. The first-order valence-electron chi connectivity index (χ1n) is 21.6. The van der Waals surface area contributed by atoms with Gasteiger partial charge in [-0.2, -0.15) is 5.10 Å². The Morgan fingerprint density at radius 2 is 1.00 bits per heavy atom. The number of para-hydroxylation sites is 2. The summed E-state index contributed by atoms with van der Waals surface area (Å²) >= 11 is 26.2. The predicted molar refractivity (Wildman–Crippen MR) is 316 cm³/mol. The molecule has 2 aromatic carbocycles. The summed E-state index contributed by atoms with van der Waals surface area (Å²) in [7, 11) is 31.8. The zero-order valence-corrected chi connectivity index (χ0v) is 46.7. The van der Waals surface area contributed by atoms with Crippen LogP contribution in [-0.4, -0.2) is 143 Å². The number of ether oxygens (including phenoxy) is 2. The molecule has 6 heterocycles. The van der Waals surface area contributed by atoms with E-state index in [-0.39, 0.29) is 15.7 Å². The zero-order valence-electron chi connectivity index (χ0n) is 40.1. The van der Waals surface area contributed by atoms with Crippen LogP contribution >= 0.6 is 58.0 Å². The second kappa shape index (κ2) is 31.1. The van der Waals surface area contributed by atoms with Crippen molar-refractivity contribution < 1.29 is 9.47 Å². The van der Waals surface area contributed by atoms with Gasteiger partial charge < -0.3 is 4.74 Å². The summed E-state index contributed by atoms with van der Waals surface area (Å²) in [6, 6.07) is 12.1. The van der Waals surface area contributed by atoms with Gasteiger partial charge in [0.15, 0.2) is 5.15 Å². The van der Waals surface area contributed by atoms with Gasteiger partial charge in [-0.25, -0.2) is 19.9 Å². The van der Waals surface area contributed by atoms with Crippen molar-refractivity contribution in [2.45, 2.75) is 34.8 Å². The fraction of sp³-hybridized carbons (Fsp3) is 0.167. The Balaban J connectivity index is 0.000000207. The standard InChI is InChI=1S/C19H4.C13H8Cl2N4O.C9H7N2O.C4HCl3N2.3CH3.B10.Sn/c1-3-5-7-9-11-13-15-17-19-18-16-14-12-10-8-6-4-2;14-8-6-16-13(15)17-11(8)10-7-2-1-3-9-12(7)19(18-10)4-5-20-9;1-2-7-6-10-11-4-5-12-8(3-1)9(7)11;5-2-1-8-4(7)9-3(2)6;;;;1-7(2)10(8(3)4)9(5)6;/h1H,2H3;1-3,6H,4-5H2;1-3H,4-5H2;1H;3*1H3;;. The molecular formula is C48H29B10Cl5N8O2Sn. The van der Waals surface area contributed by atoms with E-state index in [1.54, 1.807) is 6.92 Å². The van der Waals surface area contributed by atoms with Gasteiger partial charge in [0.05, 0.1) is 29.0 Å². The van der Waals surface area contributed by atoms with Gasteiger partial charge in [-0.15, -0.1) is 6.42 Å². The maximum atomic E-state index is 6.17. The van der Waals surface area contributed by atoms with Crippen LogP contribution in [0, 0.1) is 107 Å².